The average molecular weight is 212 g/mol. The summed E-state index contributed by atoms with van der Waals surface area (Å²) in [6.07, 6.45) is -0.126. The maximum atomic E-state index is 4.95. The van der Waals surface area contributed by atoms with Gasteiger partial charge in [-0.25, -0.2) is 0 Å². The lowest BCUT2D eigenvalue weighted by molar-refractivity contribution is -0.0984. The Morgan fingerprint density at radius 3 is 2.40 bits per heavy atom. The van der Waals surface area contributed by atoms with Crippen LogP contribution in [0.3, 0.4) is 0 Å². The van der Waals surface area contributed by atoms with Crippen molar-refractivity contribution in [1.29, 1.82) is 0 Å². The van der Waals surface area contributed by atoms with E-state index in [1.54, 1.807) is 14.2 Å². The van der Waals surface area contributed by atoms with Crippen LogP contribution in [0, 0.1) is 0 Å². The molecule has 0 fully saturated rings. The van der Waals surface area contributed by atoms with Gasteiger partial charge in [-0.05, 0) is 0 Å². The Morgan fingerprint density at radius 2 is 2.00 bits per heavy atom. The van der Waals surface area contributed by atoms with E-state index in [2.05, 4.69) is 21.2 Å². The van der Waals surface area contributed by atoms with Crippen molar-refractivity contribution in [3.8, 4) is 0 Å². The predicted octanol–water partition coefficient (Wildman–Crippen LogP) is 0.590. The van der Waals surface area contributed by atoms with Crippen molar-refractivity contribution >= 4 is 15.9 Å². The van der Waals surface area contributed by atoms with Crippen LogP contribution in [0.2, 0.25) is 0 Å². The number of hydrogen-bond acceptors (Lipinski definition) is 3. The van der Waals surface area contributed by atoms with E-state index in [1.807, 2.05) is 0 Å². The molecule has 4 heteroatoms. The quantitative estimate of drug-likeness (QED) is 0.397. The summed E-state index contributed by atoms with van der Waals surface area (Å²) in [5.74, 6) is 0. The number of hydrogen-bond donors (Lipinski definition) is 1. The molecule has 0 aliphatic rings. The van der Waals surface area contributed by atoms with E-state index in [-0.39, 0.29) is 6.29 Å². The van der Waals surface area contributed by atoms with Crippen molar-refractivity contribution in [3.05, 3.63) is 0 Å². The molecule has 0 saturated heterocycles. The van der Waals surface area contributed by atoms with Gasteiger partial charge in [0.05, 0.1) is 0 Å². The fraction of sp³-hybridized carbons (Fsp3) is 1.00. The molecule has 0 amide bonds. The van der Waals surface area contributed by atoms with Gasteiger partial charge >= 0.3 is 0 Å². The third kappa shape index (κ3) is 5.17. The molecule has 0 heterocycles. The van der Waals surface area contributed by atoms with Gasteiger partial charge < -0.3 is 14.8 Å². The summed E-state index contributed by atoms with van der Waals surface area (Å²) in [5.41, 5.74) is 0. The zero-order valence-electron chi connectivity index (χ0n) is 6.39. The van der Waals surface area contributed by atoms with E-state index in [1.165, 1.54) is 0 Å². The molecule has 0 aromatic rings. The SMILES string of the molecule is COC(CNCCBr)OC. The van der Waals surface area contributed by atoms with E-state index in [0.717, 1.165) is 18.4 Å². The van der Waals surface area contributed by atoms with Crippen LogP contribution in [-0.2, 0) is 9.47 Å². The highest BCUT2D eigenvalue weighted by Gasteiger charge is 2.01. The van der Waals surface area contributed by atoms with E-state index >= 15 is 0 Å². The van der Waals surface area contributed by atoms with Crippen LogP contribution in [0.25, 0.3) is 0 Å². The molecule has 0 aromatic carbocycles. The van der Waals surface area contributed by atoms with Crippen molar-refractivity contribution in [2.75, 3.05) is 32.6 Å². The summed E-state index contributed by atoms with van der Waals surface area (Å²) in [5, 5.41) is 4.09. The molecule has 0 aliphatic carbocycles. The Hall–Kier alpha value is 0.360. The molecule has 0 aromatic heterocycles. The molecule has 0 bridgehead atoms. The van der Waals surface area contributed by atoms with Crippen molar-refractivity contribution in [2.24, 2.45) is 0 Å². The first kappa shape index (κ1) is 10.4. The topological polar surface area (TPSA) is 30.5 Å². The molecule has 62 valence electrons. The third-order valence-corrected chi connectivity index (χ3v) is 1.50. The van der Waals surface area contributed by atoms with Crippen LogP contribution in [0.5, 0.6) is 0 Å². The van der Waals surface area contributed by atoms with Gasteiger partial charge in [-0.15, -0.1) is 0 Å². The summed E-state index contributed by atoms with van der Waals surface area (Å²) in [6, 6.07) is 0. The summed E-state index contributed by atoms with van der Waals surface area (Å²) >= 11 is 3.30. The summed E-state index contributed by atoms with van der Waals surface area (Å²) in [7, 11) is 3.26. The van der Waals surface area contributed by atoms with Crippen LogP contribution in [0.1, 0.15) is 0 Å². The first-order chi connectivity index (χ1) is 4.85. The summed E-state index contributed by atoms with van der Waals surface area (Å²) in [6.45, 7) is 1.67. The smallest absolute Gasteiger partial charge is 0.169 e. The third-order valence-electron chi connectivity index (χ3n) is 1.11. The maximum absolute atomic E-state index is 4.95. The van der Waals surface area contributed by atoms with Crippen LogP contribution < -0.4 is 5.32 Å². The lowest BCUT2D eigenvalue weighted by Crippen LogP contribution is -2.30. The maximum Gasteiger partial charge on any atom is 0.169 e. The van der Waals surface area contributed by atoms with Gasteiger partial charge in [0.2, 0.25) is 0 Å². The lowest BCUT2D eigenvalue weighted by Gasteiger charge is -2.12. The highest BCUT2D eigenvalue weighted by atomic mass is 79.9. The van der Waals surface area contributed by atoms with Crippen molar-refractivity contribution in [3.63, 3.8) is 0 Å². The van der Waals surface area contributed by atoms with Gasteiger partial charge in [-0.2, -0.15) is 0 Å². The number of halogens is 1. The largest absolute Gasteiger partial charge is 0.355 e. The van der Waals surface area contributed by atoms with E-state index < -0.39 is 0 Å². The molecule has 0 aliphatic heterocycles. The van der Waals surface area contributed by atoms with Gasteiger partial charge in [0, 0.05) is 32.6 Å². The Bertz CT molecular complexity index is 68.8. The molecule has 3 nitrogen and oxygen atoms in total. The minimum absolute atomic E-state index is 0.126. The molecular weight excluding hydrogens is 198 g/mol. The zero-order chi connectivity index (χ0) is 7.82. The van der Waals surface area contributed by atoms with Crippen LogP contribution in [0.15, 0.2) is 0 Å². The zero-order valence-corrected chi connectivity index (χ0v) is 7.98. The van der Waals surface area contributed by atoms with Crippen molar-refractivity contribution in [1.82, 2.24) is 5.32 Å². The molecule has 0 saturated carbocycles. The number of ether oxygens (including phenoxy) is 2. The van der Waals surface area contributed by atoms with Crippen LogP contribution >= 0.6 is 15.9 Å². The molecule has 0 unspecified atom stereocenters. The van der Waals surface area contributed by atoms with Gasteiger partial charge in [-0.1, -0.05) is 15.9 Å². The van der Waals surface area contributed by atoms with E-state index in [9.17, 15) is 0 Å². The minimum Gasteiger partial charge on any atom is -0.355 e. The van der Waals surface area contributed by atoms with Crippen molar-refractivity contribution in [2.45, 2.75) is 6.29 Å². The lowest BCUT2D eigenvalue weighted by atomic mass is 10.6. The van der Waals surface area contributed by atoms with Gasteiger partial charge in [-0.3, -0.25) is 0 Å². The van der Waals surface area contributed by atoms with E-state index in [4.69, 9.17) is 9.47 Å². The van der Waals surface area contributed by atoms with Gasteiger partial charge in [0.15, 0.2) is 6.29 Å². The molecule has 0 spiro atoms. The standard InChI is InChI=1S/C6H14BrNO2/c1-9-6(10-2)5-8-4-3-7/h6,8H,3-5H2,1-2H3. The Balaban J connectivity index is 3.09. The molecule has 0 radical (unpaired) electrons. The molecule has 0 atom stereocenters. The molecule has 0 rings (SSSR count). The predicted molar refractivity (Wildman–Crippen MR) is 44.5 cm³/mol. The van der Waals surface area contributed by atoms with Gasteiger partial charge in [0.25, 0.3) is 0 Å². The minimum atomic E-state index is -0.126. The van der Waals surface area contributed by atoms with Crippen molar-refractivity contribution < 1.29 is 9.47 Å². The normalized spacial score (nSPS) is 10.8. The Morgan fingerprint density at radius 1 is 1.40 bits per heavy atom. The Labute approximate surface area is 70.2 Å². The highest BCUT2D eigenvalue weighted by Crippen LogP contribution is 1.87. The molecule has 10 heavy (non-hydrogen) atoms. The number of nitrogens with one attached hydrogen (secondary N) is 1. The number of rotatable bonds is 6. The highest BCUT2D eigenvalue weighted by molar-refractivity contribution is 9.09. The average Bonchev–Trinajstić information content (AvgIpc) is 1.99. The fourth-order valence-corrected chi connectivity index (χ4v) is 0.830. The monoisotopic (exact) mass is 211 g/mol. The second-order valence-corrected chi connectivity index (χ2v) is 2.59. The molecular formula is C6H14BrNO2. The van der Waals surface area contributed by atoms with Crippen LogP contribution in [-0.4, -0.2) is 38.9 Å². The van der Waals surface area contributed by atoms with Crippen LogP contribution in [0.4, 0.5) is 0 Å². The van der Waals surface area contributed by atoms with Gasteiger partial charge in [0.1, 0.15) is 0 Å². The fourth-order valence-electron chi connectivity index (χ4n) is 0.550. The first-order valence-corrected chi connectivity index (χ1v) is 4.29. The molecule has 1 N–H and O–H groups in total. The second-order valence-electron chi connectivity index (χ2n) is 1.79. The first-order valence-electron chi connectivity index (χ1n) is 3.17. The van der Waals surface area contributed by atoms with E-state index in [0.29, 0.717) is 0 Å². The summed E-state index contributed by atoms with van der Waals surface area (Å²) in [4.78, 5) is 0. The number of alkyl halides is 1. The number of methoxy groups -OCH3 is 2. The Kier molecular flexibility index (Phi) is 7.74. The summed E-state index contributed by atoms with van der Waals surface area (Å²) < 4.78 is 9.89. The second kappa shape index (κ2) is 7.47.